The Labute approximate surface area is 99.8 Å². The second-order valence-corrected chi connectivity index (χ2v) is 4.69. The number of rotatable bonds is 6. The molecule has 2 N–H and O–H groups in total. The molecule has 1 unspecified atom stereocenters. The van der Waals surface area contributed by atoms with Gasteiger partial charge in [-0.25, -0.2) is 0 Å². The summed E-state index contributed by atoms with van der Waals surface area (Å²) in [4.78, 5) is 0. The van der Waals surface area contributed by atoms with Gasteiger partial charge in [-0.3, -0.25) is 0 Å². The third kappa shape index (κ3) is 5.30. The van der Waals surface area contributed by atoms with Crippen LogP contribution in [-0.4, -0.2) is 17.8 Å². The monoisotopic (exact) mass is 271 g/mol. The molecule has 0 aliphatic carbocycles. The number of hydrogen-bond acceptors (Lipinski definition) is 2. The molecule has 0 heterocycles. The van der Waals surface area contributed by atoms with Crippen molar-refractivity contribution in [1.82, 2.24) is 5.32 Å². The molecule has 0 aliphatic heterocycles. The van der Waals surface area contributed by atoms with Crippen LogP contribution >= 0.6 is 15.9 Å². The summed E-state index contributed by atoms with van der Waals surface area (Å²) in [7, 11) is 0. The Balaban J connectivity index is 2.27. The Morgan fingerprint density at radius 3 is 2.60 bits per heavy atom. The number of aliphatic hydroxyl groups excluding tert-OH is 1. The molecule has 0 radical (unpaired) electrons. The molecule has 0 fully saturated rings. The molecule has 0 saturated heterocycles. The van der Waals surface area contributed by atoms with Crippen molar-refractivity contribution in [3.05, 3.63) is 34.3 Å². The molecule has 0 spiro atoms. The van der Waals surface area contributed by atoms with E-state index in [1.807, 2.05) is 0 Å². The van der Waals surface area contributed by atoms with Crippen LogP contribution in [0.15, 0.2) is 28.7 Å². The highest BCUT2D eigenvalue weighted by molar-refractivity contribution is 9.10. The minimum atomic E-state index is 0.282. The molecule has 0 amide bonds. The fraction of sp³-hybridized carbons (Fsp3) is 0.500. The van der Waals surface area contributed by atoms with E-state index in [0.717, 1.165) is 23.9 Å². The summed E-state index contributed by atoms with van der Waals surface area (Å²) in [5.41, 5.74) is 1.29. The fourth-order valence-electron chi connectivity index (χ4n) is 1.39. The zero-order chi connectivity index (χ0) is 11.1. The molecule has 0 aromatic heterocycles. The van der Waals surface area contributed by atoms with Gasteiger partial charge in [0.05, 0.1) is 0 Å². The molecule has 0 bridgehead atoms. The first-order chi connectivity index (χ1) is 7.22. The Hall–Kier alpha value is -0.380. The van der Waals surface area contributed by atoms with Crippen LogP contribution in [0.4, 0.5) is 0 Å². The van der Waals surface area contributed by atoms with Crippen molar-refractivity contribution >= 4 is 15.9 Å². The molecule has 3 heteroatoms. The van der Waals surface area contributed by atoms with Gasteiger partial charge in [0.1, 0.15) is 0 Å². The van der Waals surface area contributed by atoms with Crippen molar-refractivity contribution in [3.8, 4) is 0 Å². The van der Waals surface area contributed by atoms with Crippen LogP contribution in [0.1, 0.15) is 25.3 Å². The van der Waals surface area contributed by atoms with Crippen molar-refractivity contribution in [1.29, 1.82) is 0 Å². The van der Waals surface area contributed by atoms with Crippen molar-refractivity contribution in [2.75, 3.05) is 6.61 Å². The molecule has 0 aliphatic rings. The highest BCUT2D eigenvalue weighted by atomic mass is 79.9. The summed E-state index contributed by atoms with van der Waals surface area (Å²) in [6.07, 6.45) is 1.89. The lowest BCUT2D eigenvalue weighted by molar-refractivity contribution is 0.276. The summed E-state index contributed by atoms with van der Waals surface area (Å²) < 4.78 is 1.11. The Morgan fingerprint density at radius 2 is 2.00 bits per heavy atom. The van der Waals surface area contributed by atoms with Crippen LogP contribution in [0.3, 0.4) is 0 Å². The number of aliphatic hydroxyl groups is 1. The van der Waals surface area contributed by atoms with Gasteiger partial charge in [-0.15, -0.1) is 0 Å². The molecule has 15 heavy (non-hydrogen) atoms. The van der Waals surface area contributed by atoms with Gasteiger partial charge < -0.3 is 10.4 Å². The number of hydrogen-bond donors (Lipinski definition) is 2. The fourth-order valence-corrected chi connectivity index (χ4v) is 1.66. The first-order valence-corrected chi connectivity index (χ1v) is 6.10. The first-order valence-electron chi connectivity index (χ1n) is 5.31. The third-order valence-electron chi connectivity index (χ3n) is 2.36. The predicted octanol–water partition coefficient (Wildman–Crippen LogP) is 2.70. The van der Waals surface area contributed by atoms with Crippen molar-refractivity contribution < 1.29 is 5.11 Å². The van der Waals surface area contributed by atoms with E-state index in [4.69, 9.17) is 5.11 Å². The molecular formula is C12H18BrNO. The summed E-state index contributed by atoms with van der Waals surface area (Å²) in [6, 6.07) is 8.78. The van der Waals surface area contributed by atoms with Crippen LogP contribution in [-0.2, 0) is 6.54 Å². The molecular weight excluding hydrogens is 254 g/mol. The number of benzene rings is 1. The lowest BCUT2D eigenvalue weighted by atomic mass is 10.1. The standard InChI is InChI=1S/C12H18BrNO/c1-10(3-2-8-15)14-9-11-4-6-12(13)7-5-11/h4-7,10,14-15H,2-3,8-9H2,1H3. The van der Waals surface area contributed by atoms with Crippen molar-refractivity contribution in [2.45, 2.75) is 32.4 Å². The summed E-state index contributed by atoms with van der Waals surface area (Å²) in [5, 5.41) is 12.1. The molecule has 1 aromatic carbocycles. The topological polar surface area (TPSA) is 32.3 Å². The summed E-state index contributed by atoms with van der Waals surface area (Å²) >= 11 is 3.41. The van der Waals surface area contributed by atoms with E-state index < -0.39 is 0 Å². The van der Waals surface area contributed by atoms with E-state index in [2.05, 4.69) is 52.4 Å². The Bertz CT molecular complexity index is 273. The highest BCUT2D eigenvalue weighted by Crippen LogP contribution is 2.10. The summed E-state index contributed by atoms with van der Waals surface area (Å²) in [5.74, 6) is 0. The normalized spacial score (nSPS) is 12.7. The zero-order valence-electron chi connectivity index (χ0n) is 9.04. The van der Waals surface area contributed by atoms with Crippen LogP contribution in [0, 0.1) is 0 Å². The second-order valence-electron chi connectivity index (χ2n) is 3.77. The second kappa shape index (κ2) is 6.99. The Morgan fingerprint density at radius 1 is 1.33 bits per heavy atom. The van der Waals surface area contributed by atoms with E-state index in [9.17, 15) is 0 Å². The average molecular weight is 272 g/mol. The summed E-state index contributed by atoms with van der Waals surface area (Å²) in [6.45, 7) is 3.32. The van der Waals surface area contributed by atoms with Crippen LogP contribution in [0.2, 0.25) is 0 Å². The lowest BCUT2D eigenvalue weighted by Crippen LogP contribution is -2.25. The highest BCUT2D eigenvalue weighted by Gasteiger charge is 2.00. The van der Waals surface area contributed by atoms with E-state index >= 15 is 0 Å². The van der Waals surface area contributed by atoms with Gasteiger partial charge in [-0.2, -0.15) is 0 Å². The van der Waals surface area contributed by atoms with Gasteiger partial charge in [0.2, 0.25) is 0 Å². The predicted molar refractivity (Wildman–Crippen MR) is 66.8 cm³/mol. The third-order valence-corrected chi connectivity index (χ3v) is 2.89. The van der Waals surface area contributed by atoms with E-state index in [-0.39, 0.29) is 6.61 Å². The van der Waals surface area contributed by atoms with E-state index in [1.165, 1.54) is 5.56 Å². The van der Waals surface area contributed by atoms with E-state index in [1.54, 1.807) is 0 Å². The van der Waals surface area contributed by atoms with Gasteiger partial charge in [-0.1, -0.05) is 28.1 Å². The van der Waals surface area contributed by atoms with Crippen LogP contribution in [0.5, 0.6) is 0 Å². The zero-order valence-corrected chi connectivity index (χ0v) is 10.6. The molecule has 0 saturated carbocycles. The maximum absolute atomic E-state index is 8.70. The largest absolute Gasteiger partial charge is 0.396 e. The van der Waals surface area contributed by atoms with Crippen molar-refractivity contribution in [3.63, 3.8) is 0 Å². The van der Waals surface area contributed by atoms with Gasteiger partial charge in [0, 0.05) is 23.7 Å². The Kier molecular flexibility index (Phi) is 5.91. The first kappa shape index (κ1) is 12.7. The molecule has 1 rings (SSSR count). The minimum Gasteiger partial charge on any atom is -0.396 e. The van der Waals surface area contributed by atoms with Crippen molar-refractivity contribution in [2.24, 2.45) is 0 Å². The maximum Gasteiger partial charge on any atom is 0.0431 e. The van der Waals surface area contributed by atoms with Gasteiger partial charge in [0.25, 0.3) is 0 Å². The number of nitrogens with one attached hydrogen (secondary N) is 1. The average Bonchev–Trinajstić information content (AvgIpc) is 2.25. The van der Waals surface area contributed by atoms with Gasteiger partial charge in [-0.05, 0) is 37.5 Å². The maximum atomic E-state index is 8.70. The quantitative estimate of drug-likeness (QED) is 0.834. The molecule has 1 aromatic rings. The smallest absolute Gasteiger partial charge is 0.0431 e. The van der Waals surface area contributed by atoms with Crippen LogP contribution < -0.4 is 5.32 Å². The van der Waals surface area contributed by atoms with Crippen LogP contribution in [0.25, 0.3) is 0 Å². The van der Waals surface area contributed by atoms with Gasteiger partial charge >= 0.3 is 0 Å². The SMILES string of the molecule is CC(CCCO)NCc1ccc(Br)cc1. The lowest BCUT2D eigenvalue weighted by Gasteiger charge is -2.12. The van der Waals surface area contributed by atoms with Gasteiger partial charge in [0.15, 0.2) is 0 Å². The minimum absolute atomic E-state index is 0.282. The molecule has 1 atom stereocenters. The number of halogens is 1. The molecule has 84 valence electrons. The van der Waals surface area contributed by atoms with E-state index in [0.29, 0.717) is 6.04 Å². The molecule has 2 nitrogen and oxygen atoms in total.